The van der Waals surface area contributed by atoms with E-state index in [0.29, 0.717) is 18.2 Å². The lowest BCUT2D eigenvalue weighted by molar-refractivity contribution is 0.448. The summed E-state index contributed by atoms with van der Waals surface area (Å²) in [7, 11) is -3.36. The van der Waals surface area contributed by atoms with Crippen molar-refractivity contribution < 1.29 is 8.42 Å². The highest BCUT2D eigenvalue weighted by Gasteiger charge is 2.25. The van der Waals surface area contributed by atoms with Crippen molar-refractivity contribution in [2.45, 2.75) is 49.5 Å². The van der Waals surface area contributed by atoms with Crippen LogP contribution < -0.4 is 10.6 Å². The standard InChI is InChI=1S/C19H25N5O2S/c1-27(25,26)17-12-23-19(24-18(17)15-5-3-7-20-11-15)22-10-13-8-14-4-2-6-16(14)21-9-13/h8-9,12,15,20H,2-7,10-11H2,1H3,(H,22,23,24)/t15-/m0/s1. The number of hydrogen-bond donors (Lipinski definition) is 2. The molecule has 0 bridgehead atoms. The van der Waals surface area contributed by atoms with Gasteiger partial charge < -0.3 is 10.6 Å². The second-order valence-corrected chi connectivity index (χ2v) is 9.40. The summed E-state index contributed by atoms with van der Waals surface area (Å²) in [5.74, 6) is 0.553. The van der Waals surface area contributed by atoms with Crippen molar-refractivity contribution in [3.8, 4) is 0 Å². The molecule has 144 valence electrons. The van der Waals surface area contributed by atoms with Crippen molar-refractivity contribution in [2.24, 2.45) is 0 Å². The van der Waals surface area contributed by atoms with Crippen molar-refractivity contribution in [1.29, 1.82) is 0 Å². The maximum absolute atomic E-state index is 12.2. The van der Waals surface area contributed by atoms with Crippen LogP contribution in [-0.4, -0.2) is 42.7 Å². The molecule has 1 aliphatic heterocycles. The van der Waals surface area contributed by atoms with E-state index in [-0.39, 0.29) is 10.8 Å². The van der Waals surface area contributed by atoms with Crippen LogP contribution in [0.4, 0.5) is 5.95 Å². The highest BCUT2D eigenvalue weighted by molar-refractivity contribution is 7.90. The molecule has 0 saturated carbocycles. The Morgan fingerprint density at radius 2 is 2.11 bits per heavy atom. The van der Waals surface area contributed by atoms with Gasteiger partial charge in [0.1, 0.15) is 4.90 Å². The summed E-state index contributed by atoms with van der Waals surface area (Å²) >= 11 is 0. The molecule has 2 aliphatic rings. The smallest absolute Gasteiger partial charge is 0.223 e. The predicted octanol–water partition coefficient (Wildman–Crippen LogP) is 1.84. The van der Waals surface area contributed by atoms with Crippen LogP contribution in [0.15, 0.2) is 23.4 Å². The number of pyridine rings is 1. The fraction of sp³-hybridized carbons (Fsp3) is 0.526. The summed E-state index contributed by atoms with van der Waals surface area (Å²) < 4.78 is 24.3. The van der Waals surface area contributed by atoms with Gasteiger partial charge in [0, 0.05) is 37.2 Å². The van der Waals surface area contributed by atoms with E-state index in [1.54, 1.807) is 0 Å². The van der Waals surface area contributed by atoms with Gasteiger partial charge in [-0.15, -0.1) is 0 Å². The van der Waals surface area contributed by atoms with E-state index in [4.69, 9.17) is 0 Å². The molecule has 4 rings (SSSR count). The van der Waals surface area contributed by atoms with Crippen molar-refractivity contribution in [3.63, 3.8) is 0 Å². The van der Waals surface area contributed by atoms with Gasteiger partial charge in [-0.1, -0.05) is 6.07 Å². The van der Waals surface area contributed by atoms with Gasteiger partial charge in [0.15, 0.2) is 9.84 Å². The van der Waals surface area contributed by atoms with Crippen LogP contribution in [0.1, 0.15) is 47.7 Å². The lowest BCUT2D eigenvalue weighted by Crippen LogP contribution is -2.30. The molecule has 1 fully saturated rings. The third-order valence-electron chi connectivity index (χ3n) is 5.29. The molecular weight excluding hydrogens is 362 g/mol. The average molecular weight is 388 g/mol. The number of nitrogens with zero attached hydrogens (tertiary/aromatic N) is 3. The van der Waals surface area contributed by atoms with Crippen LogP contribution in [0.25, 0.3) is 0 Å². The SMILES string of the molecule is CS(=O)(=O)c1cnc(NCc2cnc3c(c2)CCC3)nc1[C@H]1CCCNC1. The molecule has 1 saturated heterocycles. The molecule has 8 heteroatoms. The first kappa shape index (κ1) is 18.3. The number of aromatic nitrogens is 3. The Hall–Kier alpha value is -2.06. The fourth-order valence-electron chi connectivity index (χ4n) is 3.89. The maximum Gasteiger partial charge on any atom is 0.223 e. The van der Waals surface area contributed by atoms with Crippen molar-refractivity contribution in [3.05, 3.63) is 41.0 Å². The van der Waals surface area contributed by atoms with Crippen molar-refractivity contribution in [1.82, 2.24) is 20.3 Å². The van der Waals surface area contributed by atoms with E-state index >= 15 is 0 Å². The molecule has 0 amide bonds. The van der Waals surface area contributed by atoms with Crippen LogP contribution in [0.3, 0.4) is 0 Å². The van der Waals surface area contributed by atoms with E-state index in [1.165, 1.54) is 30.1 Å². The molecule has 0 unspecified atom stereocenters. The molecule has 0 radical (unpaired) electrons. The highest BCUT2D eigenvalue weighted by Crippen LogP contribution is 2.28. The number of piperidine rings is 1. The molecule has 0 aromatic carbocycles. The Morgan fingerprint density at radius 3 is 2.89 bits per heavy atom. The Balaban J connectivity index is 1.56. The third-order valence-corrected chi connectivity index (χ3v) is 6.41. The largest absolute Gasteiger partial charge is 0.350 e. The lowest BCUT2D eigenvalue weighted by Gasteiger charge is -2.24. The molecule has 2 aromatic rings. The van der Waals surface area contributed by atoms with Crippen molar-refractivity contribution in [2.75, 3.05) is 24.7 Å². The normalized spacial score (nSPS) is 19.7. The molecule has 7 nitrogen and oxygen atoms in total. The van der Waals surface area contributed by atoms with E-state index in [1.807, 2.05) is 6.20 Å². The van der Waals surface area contributed by atoms with Crippen LogP contribution in [-0.2, 0) is 29.2 Å². The van der Waals surface area contributed by atoms with Crippen molar-refractivity contribution >= 4 is 15.8 Å². The van der Waals surface area contributed by atoms with Crippen LogP contribution in [0.5, 0.6) is 0 Å². The third kappa shape index (κ3) is 4.11. The van der Waals surface area contributed by atoms with Crippen LogP contribution in [0, 0.1) is 0 Å². The van der Waals surface area contributed by atoms with Gasteiger partial charge in [0.2, 0.25) is 5.95 Å². The quantitative estimate of drug-likeness (QED) is 0.808. The topological polar surface area (TPSA) is 96.9 Å². The molecule has 2 aromatic heterocycles. The maximum atomic E-state index is 12.2. The summed E-state index contributed by atoms with van der Waals surface area (Å²) in [4.78, 5) is 13.6. The minimum Gasteiger partial charge on any atom is -0.350 e. The van der Waals surface area contributed by atoms with E-state index in [9.17, 15) is 8.42 Å². The van der Waals surface area contributed by atoms with E-state index in [2.05, 4.69) is 31.7 Å². The molecule has 2 N–H and O–H groups in total. The molecule has 0 spiro atoms. The number of nitrogens with one attached hydrogen (secondary N) is 2. The van der Waals surface area contributed by atoms with Gasteiger partial charge in [-0.3, -0.25) is 4.98 Å². The summed E-state index contributed by atoms with van der Waals surface area (Å²) in [6.07, 6.45) is 9.83. The average Bonchev–Trinajstić information content (AvgIpc) is 3.14. The number of anilines is 1. The number of hydrogen-bond acceptors (Lipinski definition) is 7. The van der Waals surface area contributed by atoms with Gasteiger partial charge in [-0.25, -0.2) is 18.4 Å². The molecule has 1 atom stereocenters. The zero-order valence-electron chi connectivity index (χ0n) is 15.5. The van der Waals surface area contributed by atoms with Gasteiger partial charge in [0.25, 0.3) is 0 Å². The summed E-state index contributed by atoms with van der Waals surface area (Å²) in [6.45, 7) is 2.28. The second kappa shape index (κ2) is 7.52. The first-order valence-electron chi connectivity index (χ1n) is 9.49. The predicted molar refractivity (Wildman–Crippen MR) is 104 cm³/mol. The van der Waals surface area contributed by atoms with Gasteiger partial charge in [0.05, 0.1) is 11.9 Å². The van der Waals surface area contributed by atoms with Gasteiger partial charge in [-0.05, 0) is 49.8 Å². The summed E-state index contributed by atoms with van der Waals surface area (Å²) in [5.41, 5.74) is 4.25. The summed E-state index contributed by atoms with van der Waals surface area (Å²) in [6, 6.07) is 2.19. The minimum absolute atomic E-state index is 0.0914. The molecule has 1 aliphatic carbocycles. The first-order valence-corrected chi connectivity index (χ1v) is 11.4. The Bertz CT molecular complexity index is 939. The number of rotatable bonds is 5. The van der Waals surface area contributed by atoms with Crippen LogP contribution in [0.2, 0.25) is 0 Å². The second-order valence-electron chi connectivity index (χ2n) is 7.42. The van der Waals surface area contributed by atoms with Crippen LogP contribution >= 0.6 is 0 Å². The first-order chi connectivity index (χ1) is 13.0. The molecule has 27 heavy (non-hydrogen) atoms. The highest BCUT2D eigenvalue weighted by atomic mass is 32.2. The summed E-state index contributed by atoms with van der Waals surface area (Å²) in [5, 5.41) is 6.56. The van der Waals surface area contributed by atoms with Gasteiger partial charge in [-0.2, -0.15) is 0 Å². The number of fused-ring (bicyclic) bond motifs is 1. The fourth-order valence-corrected chi connectivity index (χ4v) is 4.72. The van der Waals surface area contributed by atoms with E-state index < -0.39 is 9.84 Å². The zero-order chi connectivity index (χ0) is 18.9. The molecular formula is C19H25N5O2S. The van der Waals surface area contributed by atoms with E-state index in [0.717, 1.165) is 44.3 Å². The minimum atomic E-state index is -3.36. The monoisotopic (exact) mass is 387 g/mol. The Morgan fingerprint density at radius 1 is 1.22 bits per heavy atom. The lowest BCUT2D eigenvalue weighted by atomic mass is 9.96. The van der Waals surface area contributed by atoms with Gasteiger partial charge >= 0.3 is 0 Å². The Labute approximate surface area is 160 Å². The zero-order valence-corrected chi connectivity index (χ0v) is 16.3. The Kier molecular flexibility index (Phi) is 5.10. The number of aryl methyl sites for hydroxylation is 2. The molecule has 3 heterocycles. The number of sulfone groups is 1.